The Morgan fingerprint density at radius 3 is 2.40 bits per heavy atom. The predicted octanol–water partition coefficient (Wildman–Crippen LogP) is 4.33. The van der Waals surface area contributed by atoms with Gasteiger partial charge in [0.05, 0.1) is 17.3 Å². The molecule has 0 N–H and O–H groups in total. The zero-order chi connectivity index (χ0) is 14.3. The highest BCUT2D eigenvalue weighted by atomic mass is 19.4. The van der Waals surface area contributed by atoms with E-state index in [0.717, 1.165) is 23.2 Å². The van der Waals surface area contributed by atoms with Crippen molar-refractivity contribution in [3.05, 3.63) is 59.9 Å². The van der Waals surface area contributed by atoms with E-state index in [4.69, 9.17) is 0 Å². The van der Waals surface area contributed by atoms with Crippen molar-refractivity contribution in [2.24, 2.45) is 0 Å². The van der Waals surface area contributed by atoms with Gasteiger partial charge in [0, 0.05) is 11.8 Å². The number of hydrogen-bond donors (Lipinski definition) is 0. The zero-order valence-electron chi connectivity index (χ0n) is 10.6. The van der Waals surface area contributed by atoms with E-state index in [1.165, 1.54) is 12.1 Å². The Labute approximate surface area is 113 Å². The molecule has 0 radical (unpaired) electrons. The van der Waals surface area contributed by atoms with Gasteiger partial charge >= 0.3 is 6.18 Å². The largest absolute Gasteiger partial charge is 0.416 e. The van der Waals surface area contributed by atoms with Crippen LogP contribution >= 0.6 is 0 Å². The number of imidazole rings is 1. The lowest BCUT2D eigenvalue weighted by molar-refractivity contribution is -0.137. The van der Waals surface area contributed by atoms with Crippen molar-refractivity contribution in [1.82, 2.24) is 9.38 Å². The second-order valence-corrected chi connectivity index (χ2v) is 4.60. The minimum atomic E-state index is -4.32. The first kappa shape index (κ1) is 12.7. The lowest BCUT2D eigenvalue weighted by atomic mass is 10.1. The highest BCUT2D eigenvalue weighted by Crippen LogP contribution is 2.31. The fourth-order valence-electron chi connectivity index (χ4n) is 2.18. The van der Waals surface area contributed by atoms with Crippen LogP contribution in [0.2, 0.25) is 0 Å². The number of rotatable bonds is 1. The SMILES string of the molecule is Cc1cccn2c(-c3ccc(C(F)(F)F)cc3)ncc12. The van der Waals surface area contributed by atoms with E-state index in [2.05, 4.69) is 4.98 Å². The van der Waals surface area contributed by atoms with Gasteiger partial charge in [0.2, 0.25) is 0 Å². The normalized spacial score (nSPS) is 12.0. The highest BCUT2D eigenvalue weighted by molar-refractivity contribution is 5.64. The molecule has 102 valence electrons. The average molecular weight is 276 g/mol. The summed E-state index contributed by atoms with van der Waals surface area (Å²) in [4.78, 5) is 4.30. The third-order valence-corrected chi connectivity index (χ3v) is 3.25. The smallest absolute Gasteiger partial charge is 0.300 e. The Hall–Kier alpha value is -2.30. The molecule has 2 aromatic heterocycles. The molecule has 0 aliphatic carbocycles. The molecule has 0 saturated carbocycles. The van der Waals surface area contributed by atoms with Gasteiger partial charge in [0.15, 0.2) is 0 Å². The lowest BCUT2D eigenvalue weighted by Crippen LogP contribution is -2.04. The van der Waals surface area contributed by atoms with Crippen LogP contribution in [-0.4, -0.2) is 9.38 Å². The van der Waals surface area contributed by atoms with Crippen molar-refractivity contribution in [3.8, 4) is 11.4 Å². The number of benzene rings is 1. The summed E-state index contributed by atoms with van der Waals surface area (Å²) in [6, 6.07) is 8.89. The van der Waals surface area contributed by atoms with Crippen molar-refractivity contribution in [3.63, 3.8) is 0 Å². The molecule has 1 aromatic carbocycles. The fraction of sp³-hybridized carbons (Fsp3) is 0.133. The predicted molar refractivity (Wildman–Crippen MR) is 70.4 cm³/mol. The molecular formula is C15H11F3N2. The minimum absolute atomic E-state index is 0.637. The monoisotopic (exact) mass is 276 g/mol. The summed E-state index contributed by atoms with van der Waals surface area (Å²) < 4.78 is 39.5. The Morgan fingerprint density at radius 1 is 1.05 bits per heavy atom. The van der Waals surface area contributed by atoms with E-state index in [1.807, 2.05) is 29.7 Å². The van der Waals surface area contributed by atoms with E-state index < -0.39 is 11.7 Å². The van der Waals surface area contributed by atoms with Crippen LogP contribution in [0.1, 0.15) is 11.1 Å². The third-order valence-electron chi connectivity index (χ3n) is 3.25. The molecule has 2 nitrogen and oxygen atoms in total. The lowest BCUT2D eigenvalue weighted by Gasteiger charge is -2.07. The molecule has 0 atom stereocenters. The van der Waals surface area contributed by atoms with Crippen molar-refractivity contribution in [2.75, 3.05) is 0 Å². The van der Waals surface area contributed by atoms with Gasteiger partial charge in [-0.3, -0.25) is 4.40 Å². The van der Waals surface area contributed by atoms with E-state index in [-0.39, 0.29) is 0 Å². The van der Waals surface area contributed by atoms with Gasteiger partial charge in [-0.05, 0) is 30.7 Å². The molecule has 3 aromatic rings. The van der Waals surface area contributed by atoms with Gasteiger partial charge < -0.3 is 0 Å². The van der Waals surface area contributed by atoms with Crippen LogP contribution in [0.25, 0.3) is 16.9 Å². The Kier molecular flexibility index (Phi) is 2.78. The van der Waals surface area contributed by atoms with E-state index in [1.54, 1.807) is 6.20 Å². The molecule has 0 aliphatic heterocycles. The van der Waals surface area contributed by atoms with Crippen molar-refractivity contribution in [1.29, 1.82) is 0 Å². The Morgan fingerprint density at radius 2 is 1.75 bits per heavy atom. The molecule has 3 rings (SSSR count). The molecule has 0 fully saturated rings. The summed E-state index contributed by atoms with van der Waals surface area (Å²) >= 11 is 0. The zero-order valence-corrected chi connectivity index (χ0v) is 10.6. The fourth-order valence-corrected chi connectivity index (χ4v) is 2.18. The van der Waals surface area contributed by atoms with Crippen molar-refractivity contribution < 1.29 is 13.2 Å². The van der Waals surface area contributed by atoms with E-state index in [0.29, 0.717) is 11.4 Å². The van der Waals surface area contributed by atoms with Crippen molar-refractivity contribution in [2.45, 2.75) is 13.1 Å². The molecule has 0 amide bonds. The minimum Gasteiger partial charge on any atom is -0.300 e. The van der Waals surface area contributed by atoms with E-state index >= 15 is 0 Å². The van der Waals surface area contributed by atoms with Crippen LogP contribution in [0.15, 0.2) is 48.8 Å². The van der Waals surface area contributed by atoms with Crippen molar-refractivity contribution >= 4 is 5.52 Å². The molecule has 0 bridgehead atoms. The Balaban J connectivity index is 2.10. The average Bonchev–Trinajstić information content (AvgIpc) is 2.83. The summed E-state index contributed by atoms with van der Waals surface area (Å²) in [5.74, 6) is 0.637. The molecule has 0 unspecified atom stereocenters. The first-order valence-electron chi connectivity index (χ1n) is 6.07. The van der Waals surface area contributed by atoms with Crippen LogP contribution in [0.3, 0.4) is 0 Å². The summed E-state index contributed by atoms with van der Waals surface area (Å²) in [5.41, 5.74) is 2.02. The summed E-state index contributed by atoms with van der Waals surface area (Å²) in [6.45, 7) is 1.97. The third kappa shape index (κ3) is 2.05. The molecule has 5 heteroatoms. The molecule has 0 spiro atoms. The molecule has 0 saturated heterocycles. The van der Waals surface area contributed by atoms with Gasteiger partial charge in [-0.15, -0.1) is 0 Å². The number of nitrogens with zero attached hydrogens (tertiary/aromatic N) is 2. The summed E-state index contributed by atoms with van der Waals surface area (Å²) in [7, 11) is 0. The topological polar surface area (TPSA) is 17.3 Å². The summed E-state index contributed by atoms with van der Waals surface area (Å²) in [5, 5.41) is 0. The number of hydrogen-bond acceptors (Lipinski definition) is 1. The van der Waals surface area contributed by atoms with Crippen LogP contribution in [0.4, 0.5) is 13.2 Å². The number of alkyl halides is 3. The maximum absolute atomic E-state index is 12.5. The van der Waals surface area contributed by atoms with Crippen LogP contribution in [0, 0.1) is 6.92 Å². The number of aromatic nitrogens is 2. The van der Waals surface area contributed by atoms with Crippen LogP contribution in [0.5, 0.6) is 0 Å². The maximum Gasteiger partial charge on any atom is 0.416 e. The highest BCUT2D eigenvalue weighted by Gasteiger charge is 2.30. The first-order chi connectivity index (χ1) is 9.47. The van der Waals surface area contributed by atoms with Gasteiger partial charge in [0.25, 0.3) is 0 Å². The van der Waals surface area contributed by atoms with Gasteiger partial charge in [-0.25, -0.2) is 4.98 Å². The van der Waals surface area contributed by atoms with Gasteiger partial charge in [-0.1, -0.05) is 18.2 Å². The standard InChI is InChI=1S/C15H11F3N2/c1-10-3-2-8-20-13(10)9-19-14(20)11-4-6-12(7-5-11)15(16,17)18/h2-9H,1H3. The number of fused-ring (bicyclic) bond motifs is 1. The summed E-state index contributed by atoms with van der Waals surface area (Å²) in [6.07, 6.45) is -0.742. The van der Waals surface area contributed by atoms with Crippen LogP contribution < -0.4 is 0 Å². The molecular weight excluding hydrogens is 265 g/mol. The maximum atomic E-state index is 12.5. The molecule has 20 heavy (non-hydrogen) atoms. The Bertz CT molecular complexity index is 755. The number of halogens is 3. The van der Waals surface area contributed by atoms with E-state index in [9.17, 15) is 13.2 Å². The first-order valence-corrected chi connectivity index (χ1v) is 6.07. The number of pyridine rings is 1. The van der Waals surface area contributed by atoms with Gasteiger partial charge in [0.1, 0.15) is 5.82 Å². The second kappa shape index (κ2) is 4.37. The second-order valence-electron chi connectivity index (χ2n) is 4.60. The van der Waals surface area contributed by atoms with Crippen LogP contribution in [-0.2, 0) is 6.18 Å². The van der Waals surface area contributed by atoms with Gasteiger partial charge in [-0.2, -0.15) is 13.2 Å². The molecule has 2 heterocycles. The number of aryl methyl sites for hydroxylation is 1. The quantitative estimate of drug-likeness (QED) is 0.646. The molecule has 0 aliphatic rings.